The van der Waals surface area contributed by atoms with Crippen LogP contribution in [0.1, 0.15) is 10.4 Å². The van der Waals surface area contributed by atoms with Crippen molar-refractivity contribution in [1.82, 2.24) is 8.61 Å². The molecule has 0 fully saturated rings. The summed E-state index contributed by atoms with van der Waals surface area (Å²) in [6, 6.07) is 11.3. The predicted molar refractivity (Wildman–Crippen MR) is 103 cm³/mol. The highest BCUT2D eigenvalue weighted by atomic mass is 32.2. The van der Waals surface area contributed by atoms with Gasteiger partial charge in [-0.15, -0.1) is 0 Å². The van der Waals surface area contributed by atoms with Gasteiger partial charge in [-0.1, -0.05) is 0 Å². The lowest BCUT2D eigenvalue weighted by Gasteiger charge is -2.12. The molecule has 0 saturated carbocycles. The van der Waals surface area contributed by atoms with Gasteiger partial charge in [0.15, 0.2) is 0 Å². The molecule has 0 heterocycles. The number of anilines is 1. The molecular weight excluding hydrogens is 390 g/mol. The SMILES string of the molecule is CN(C)S(=O)(=O)c1ccc(NC(=O)c2ccc(S(=O)(=O)N(C)C)cc2)cc1. The van der Waals surface area contributed by atoms with Crippen LogP contribution in [0.2, 0.25) is 0 Å². The molecule has 2 rings (SSSR count). The normalized spacial score (nSPS) is 12.4. The van der Waals surface area contributed by atoms with Crippen LogP contribution in [0.4, 0.5) is 5.69 Å². The zero-order valence-corrected chi connectivity index (χ0v) is 17.0. The number of rotatable bonds is 6. The first-order valence-electron chi connectivity index (χ1n) is 7.83. The van der Waals surface area contributed by atoms with Crippen molar-refractivity contribution in [1.29, 1.82) is 0 Å². The average molecular weight is 412 g/mol. The Morgan fingerprint density at radius 3 is 1.44 bits per heavy atom. The maximum absolute atomic E-state index is 12.3. The number of hydrogen-bond donors (Lipinski definition) is 1. The Labute approximate surface area is 159 Å². The van der Waals surface area contributed by atoms with E-state index in [1.807, 2.05) is 0 Å². The average Bonchev–Trinajstić information content (AvgIpc) is 2.62. The quantitative estimate of drug-likeness (QED) is 0.775. The molecule has 0 radical (unpaired) electrons. The number of nitrogens with one attached hydrogen (secondary N) is 1. The van der Waals surface area contributed by atoms with E-state index in [0.717, 1.165) is 8.61 Å². The number of carbonyl (C=O) groups excluding carboxylic acids is 1. The molecule has 2 aromatic rings. The number of amides is 1. The third kappa shape index (κ3) is 4.53. The molecule has 10 heteroatoms. The topological polar surface area (TPSA) is 104 Å². The van der Waals surface area contributed by atoms with Gasteiger partial charge in [-0.2, -0.15) is 0 Å². The zero-order chi connectivity index (χ0) is 20.4. The summed E-state index contributed by atoms with van der Waals surface area (Å²) in [6.07, 6.45) is 0. The largest absolute Gasteiger partial charge is 0.322 e. The van der Waals surface area contributed by atoms with Crippen LogP contribution in [0, 0.1) is 0 Å². The van der Waals surface area contributed by atoms with Crippen molar-refractivity contribution in [3.05, 3.63) is 54.1 Å². The highest BCUT2D eigenvalue weighted by Crippen LogP contribution is 2.18. The predicted octanol–water partition coefficient (Wildman–Crippen LogP) is 1.44. The summed E-state index contributed by atoms with van der Waals surface area (Å²) < 4.78 is 50.3. The Hall–Kier alpha value is -2.27. The molecular formula is C17H21N3O5S2. The molecule has 0 aliphatic heterocycles. The fourth-order valence-corrected chi connectivity index (χ4v) is 3.92. The second-order valence-electron chi connectivity index (χ2n) is 6.08. The van der Waals surface area contributed by atoms with Crippen LogP contribution < -0.4 is 5.32 Å². The molecule has 0 aromatic heterocycles. The Kier molecular flexibility index (Phi) is 6.05. The molecule has 27 heavy (non-hydrogen) atoms. The summed E-state index contributed by atoms with van der Waals surface area (Å²) >= 11 is 0. The van der Waals surface area contributed by atoms with Crippen molar-refractivity contribution in [3.63, 3.8) is 0 Å². The monoisotopic (exact) mass is 411 g/mol. The lowest BCUT2D eigenvalue weighted by molar-refractivity contribution is 0.102. The van der Waals surface area contributed by atoms with Crippen LogP contribution in [0.5, 0.6) is 0 Å². The molecule has 0 bridgehead atoms. The standard InChI is InChI=1S/C17H21N3O5S2/c1-19(2)26(22,23)15-9-5-13(6-10-15)17(21)18-14-7-11-16(12-8-14)27(24,25)20(3)4/h5-12H,1-4H3,(H,18,21). The van der Waals surface area contributed by atoms with Crippen LogP contribution in [0.25, 0.3) is 0 Å². The van der Waals surface area contributed by atoms with Gasteiger partial charge in [0.05, 0.1) is 9.79 Å². The second kappa shape index (κ2) is 7.77. The van der Waals surface area contributed by atoms with Crippen molar-refractivity contribution < 1.29 is 21.6 Å². The molecule has 2 aromatic carbocycles. The third-order valence-corrected chi connectivity index (χ3v) is 7.44. The smallest absolute Gasteiger partial charge is 0.255 e. The van der Waals surface area contributed by atoms with Gasteiger partial charge in [-0.3, -0.25) is 4.79 Å². The van der Waals surface area contributed by atoms with Gasteiger partial charge in [0.25, 0.3) is 5.91 Å². The van der Waals surface area contributed by atoms with E-state index in [9.17, 15) is 21.6 Å². The summed E-state index contributed by atoms with van der Waals surface area (Å²) in [6.45, 7) is 0. The Morgan fingerprint density at radius 1 is 0.704 bits per heavy atom. The van der Waals surface area contributed by atoms with E-state index < -0.39 is 26.0 Å². The van der Waals surface area contributed by atoms with Crippen molar-refractivity contribution in [2.24, 2.45) is 0 Å². The first-order valence-corrected chi connectivity index (χ1v) is 10.7. The third-order valence-electron chi connectivity index (χ3n) is 3.79. The molecule has 0 saturated heterocycles. The van der Waals surface area contributed by atoms with Crippen molar-refractivity contribution in [2.75, 3.05) is 33.5 Å². The van der Waals surface area contributed by atoms with Crippen LogP contribution in [0.3, 0.4) is 0 Å². The summed E-state index contributed by atoms with van der Waals surface area (Å²) in [5, 5.41) is 2.64. The van der Waals surface area contributed by atoms with Gasteiger partial charge in [0, 0.05) is 39.4 Å². The molecule has 0 aliphatic rings. The van der Waals surface area contributed by atoms with Crippen LogP contribution in [-0.4, -0.2) is 59.5 Å². The molecule has 0 spiro atoms. The summed E-state index contributed by atoms with van der Waals surface area (Å²) in [4.78, 5) is 12.5. The molecule has 8 nitrogen and oxygen atoms in total. The highest BCUT2D eigenvalue weighted by Gasteiger charge is 2.18. The van der Waals surface area contributed by atoms with Gasteiger partial charge in [0.1, 0.15) is 0 Å². The molecule has 1 N–H and O–H groups in total. The van der Waals surface area contributed by atoms with Gasteiger partial charge in [0.2, 0.25) is 20.0 Å². The second-order valence-corrected chi connectivity index (χ2v) is 10.4. The number of carbonyl (C=O) groups is 1. The number of benzene rings is 2. The Morgan fingerprint density at radius 2 is 1.07 bits per heavy atom. The minimum atomic E-state index is -3.56. The lowest BCUT2D eigenvalue weighted by atomic mass is 10.2. The van der Waals surface area contributed by atoms with E-state index >= 15 is 0 Å². The Bertz CT molecular complexity index is 1030. The summed E-state index contributed by atoms with van der Waals surface area (Å²) in [7, 11) is -1.38. The maximum atomic E-state index is 12.3. The lowest BCUT2D eigenvalue weighted by Crippen LogP contribution is -2.22. The van der Waals surface area contributed by atoms with Gasteiger partial charge in [-0.05, 0) is 48.5 Å². The summed E-state index contributed by atoms with van der Waals surface area (Å²) in [5.74, 6) is -0.438. The van der Waals surface area contributed by atoms with Gasteiger partial charge < -0.3 is 5.32 Å². The molecule has 0 unspecified atom stereocenters. The van der Waals surface area contributed by atoms with E-state index in [1.54, 1.807) is 0 Å². The van der Waals surface area contributed by atoms with E-state index in [-0.39, 0.29) is 15.4 Å². The number of sulfonamides is 2. The zero-order valence-electron chi connectivity index (χ0n) is 15.4. The molecule has 0 atom stereocenters. The van der Waals surface area contributed by atoms with Crippen molar-refractivity contribution >= 4 is 31.6 Å². The van der Waals surface area contributed by atoms with E-state index in [0.29, 0.717) is 5.69 Å². The van der Waals surface area contributed by atoms with Crippen LogP contribution in [0.15, 0.2) is 58.3 Å². The number of nitrogens with zero attached hydrogens (tertiary/aromatic N) is 2. The van der Waals surface area contributed by atoms with E-state index in [1.165, 1.54) is 76.7 Å². The highest BCUT2D eigenvalue weighted by molar-refractivity contribution is 7.89. The fourth-order valence-electron chi connectivity index (χ4n) is 2.11. The molecule has 1 amide bonds. The van der Waals surface area contributed by atoms with Gasteiger partial charge in [-0.25, -0.2) is 25.4 Å². The molecule has 146 valence electrons. The number of hydrogen-bond acceptors (Lipinski definition) is 5. The summed E-state index contributed by atoms with van der Waals surface area (Å²) in [5.41, 5.74) is 0.695. The minimum absolute atomic E-state index is 0.0855. The van der Waals surface area contributed by atoms with Crippen molar-refractivity contribution in [3.8, 4) is 0 Å². The maximum Gasteiger partial charge on any atom is 0.255 e. The first kappa shape index (κ1) is 21.0. The minimum Gasteiger partial charge on any atom is -0.322 e. The van der Waals surface area contributed by atoms with E-state index in [4.69, 9.17) is 0 Å². The van der Waals surface area contributed by atoms with Crippen LogP contribution >= 0.6 is 0 Å². The van der Waals surface area contributed by atoms with Crippen LogP contribution in [-0.2, 0) is 20.0 Å². The van der Waals surface area contributed by atoms with E-state index in [2.05, 4.69) is 5.32 Å². The Balaban J connectivity index is 2.16. The van der Waals surface area contributed by atoms with Crippen molar-refractivity contribution in [2.45, 2.75) is 9.79 Å². The van der Waals surface area contributed by atoms with Gasteiger partial charge >= 0.3 is 0 Å². The molecule has 0 aliphatic carbocycles. The fraction of sp³-hybridized carbons (Fsp3) is 0.235. The first-order chi connectivity index (χ1) is 12.5.